The smallest absolute Gasteiger partial charge is 0.272 e. The van der Waals surface area contributed by atoms with Gasteiger partial charge in [-0.2, -0.15) is 10.4 Å². The maximum atomic E-state index is 13.1. The van der Waals surface area contributed by atoms with Crippen molar-refractivity contribution in [1.82, 2.24) is 24.9 Å². The third-order valence-electron chi connectivity index (χ3n) is 8.05. The topological polar surface area (TPSA) is 125 Å². The summed E-state index contributed by atoms with van der Waals surface area (Å²) in [6.45, 7) is 18.4. The lowest BCUT2D eigenvalue weighted by Crippen LogP contribution is -2.47. The molecule has 1 unspecified atom stereocenters. The molecule has 1 amide bonds. The molecule has 4 rings (SSSR count). The summed E-state index contributed by atoms with van der Waals surface area (Å²) in [5.41, 5.74) is 4.60. The van der Waals surface area contributed by atoms with Crippen LogP contribution >= 0.6 is 0 Å². The van der Waals surface area contributed by atoms with Crippen molar-refractivity contribution < 1.29 is 14.3 Å². The number of carbonyl (C=O) groups is 1. The first-order valence-electron chi connectivity index (χ1n) is 14.1. The summed E-state index contributed by atoms with van der Waals surface area (Å²) in [6, 6.07) is 16.3. The molecule has 0 spiro atoms. The Morgan fingerprint density at radius 3 is 2.45 bits per heavy atom. The predicted molar refractivity (Wildman–Crippen MR) is 166 cm³/mol. The Balaban J connectivity index is 1.87. The highest BCUT2D eigenvalue weighted by molar-refractivity contribution is 6.74. The second-order valence-corrected chi connectivity index (χ2v) is 17.7. The first-order valence-corrected chi connectivity index (χ1v) is 17.0. The van der Waals surface area contributed by atoms with Gasteiger partial charge in [-0.25, -0.2) is 9.50 Å². The number of imidazole rings is 1. The monoisotopic (exact) mass is 584 g/mol. The average Bonchev–Trinajstić information content (AvgIpc) is 3.29. The van der Waals surface area contributed by atoms with Gasteiger partial charge in [-0.15, -0.1) is 0 Å². The number of amides is 1. The van der Waals surface area contributed by atoms with Crippen molar-refractivity contribution >= 4 is 19.9 Å². The third kappa shape index (κ3) is 6.59. The van der Waals surface area contributed by atoms with Crippen LogP contribution in [0.3, 0.4) is 0 Å². The molecule has 2 N–H and O–H groups in total. The van der Waals surface area contributed by atoms with Crippen LogP contribution in [0.2, 0.25) is 18.1 Å². The number of aromatic nitrogens is 4. The fraction of sp³-hybridized carbons (Fsp3) is 0.406. The maximum absolute atomic E-state index is 13.1. The first-order chi connectivity index (χ1) is 19.5. The zero-order valence-electron chi connectivity index (χ0n) is 25.9. The van der Waals surface area contributed by atoms with Crippen molar-refractivity contribution in [3.05, 3.63) is 71.2 Å². The van der Waals surface area contributed by atoms with E-state index in [9.17, 15) is 15.2 Å². The number of fused-ring (bicyclic) bond motifs is 1. The van der Waals surface area contributed by atoms with Gasteiger partial charge in [-0.1, -0.05) is 32.9 Å². The zero-order chi connectivity index (χ0) is 31.0. The molecule has 0 saturated heterocycles. The molecule has 3 heterocycles. The molecule has 10 heteroatoms. The molecule has 0 radical (unpaired) electrons. The van der Waals surface area contributed by atoms with Crippen LogP contribution in [0.15, 0.2) is 48.5 Å². The van der Waals surface area contributed by atoms with E-state index in [-0.39, 0.29) is 10.7 Å². The molecule has 0 bridgehead atoms. The normalized spacial score (nSPS) is 13.2. The molecule has 42 heavy (non-hydrogen) atoms. The van der Waals surface area contributed by atoms with Gasteiger partial charge in [0.1, 0.15) is 11.4 Å². The van der Waals surface area contributed by atoms with E-state index in [1.165, 1.54) is 0 Å². The van der Waals surface area contributed by atoms with Gasteiger partial charge in [0.05, 0.1) is 41.3 Å². The molecule has 4 aromatic rings. The molecule has 0 fully saturated rings. The highest BCUT2D eigenvalue weighted by Gasteiger charge is 2.37. The Labute approximate surface area is 248 Å². The molecule has 9 nitrogen and oxygen atoms in total. The highest BCUT2D eigenvalue weighted by Crippen LogP contribution is 2.38. The third-order valence-corrected chi connectivity index (χ3v) is 12.5. The Morgan fingerprint density at radius 1 is 1.10 bits per heavy atom. The number of hydrogen-bond acceptors (Lipinski definition) is 7. The van der Waals surface area contributed by atoms with Gasteiger partial charge < -0.3 is 14.8 Å². The Kier molecular flexibility index (Phi) is 8.42. The molecular weight excluding hydrogens is 544 g/mol. The SMILES string of the molecule is Cc1cc(-c2c(-c3cccc(C#N)c3)nc3ccc(C(=O)NC(C)C(C)(C)O)nn23)cc(CO[Si](C)(C)C(C)(C)C)n1. The summed E-state index contributed by atoms with van der Waals surface area (Å²) >= 11 is 0. The summed E-state index contributed by atoms with van der Waals surface area (Å²) in [5, 5.41) is 27.5. The summed E-state index contributed by atoms with van der Waals surface area (Å²) in [4.78, 5) is 22.8. The minimum absolute atomic E-state index is 0.0594. The number of pyridine rings is 1. The van der Waals surface area contributed by atoms with Gasteiger partial charge in [0.2, 0.25) is 0 Å². The van der Waals surface area contributed by atoms with Gasteiger partial charge in [-0.3, -0.25) is 9.78 Å². The molecule has 0 aliphatic heterocycles. The Bertz CT molecular complexity index is 1670. The molecule has 220 valence electrons. The number of nitriles is 1. The molecule has 0 aliphatic rings. The quantitative estimate of drug-likeness (QED) is 0.242. The van der Waals surface area contributed by atoms with E-state index in [1.54, 1.807) is 49.6 Å². The largest absolute Gasteiger partial charge is 0.411 e. The van der Waals surface area contributed by atoms with Crippen LogP contribution in [0, 0.1) is 18.3 Å². The van der Waals surface area contributed by atoms with Crippen LogP contribution in [0.25, 0.3) is 28.2 Å². The van der Waals surface area contributed by atoms with Crippen molar-refractivity contribution in [1.29, 1.82) is 5.26 Å². The fourth-order valence-corrected chi connectivity index (χ4v) is 5.06. The lowest BCUT2D eigenvalue weighted by molar-refractivity contribution is 0.0407. The predicted octanol–water partition coefficient (Wildman–Crippen LogP) is 6.05. The Morgan fingerprint density at radius 2 is 1.81 bits per heavy atom. The van der Waals surface area contributed by atoms with Gasteiger partial charge >= 0.3 is 0 Å². The summed E-state index contributed by atoms with van der Waals surface area (Å²) in [7, 11) is -2.02. The minimum atomic E-state index is -2.02. The van der Waals surface area contributed by atoms with E-state index >= 15 is 0 Å². The van der Waals surface area contributed by atoms with Crippen molar-refractivity contribution in [2.45, 2.75) is 84.8 Å². The van der Waals surface area contributed by atoms with Crippen LogP contribution in [0.1, 0.15) is 69.0 Å². The maximum Gasteiger partial charge on any atom is 0.272 e. The Hall–Kier alpha value is -3.91. The fourth-order valence-electron chi connectivity index (χ4n) is 4.12. The average molecular weight is 585 g/mol. The number of carbonyl (C=O) groups excluding carboxylic acids is 1. The van der Waals surface area contributed by atoms with Crippen molar-refractivity contribution in [2.75, 3.05) is 0 Å². The van der Waals surface area contributed by atoms with E-state index in [0.717, 1.165) is 22.5 Å². The lowest BCUT2D eigenvalue weighted by atomic mass is 10.0. The molecular formula is C32H40N6O3Si. The number of benzene rings is 1. The van der Waals surface area contributed by atoms with Crippen molar-refractivity contribution in [3.8, 4) is 28.6 Å². The lowest BCUT2D eigenvalue weighted by Gasteiger charge is -2.36. The van der Waals surface area contributed by atoms with Gasteiger partial charge in [0.15, 0.2) is 14.0 Å². The van der Waals surface area contributed by atoms with Crippen molar-refractivity contribution in [2.24, 2.45) is 0 Å². The second kappa shape index (κ2) is 11.4. The van der Waals surface area contributed by atoms with Crippen LogP contribution < -0.4 is 5.32 Å². The molecule has 0 aliphatic carbocycles. The number of rotatable bonds is 8. The first kappa shape index (κ1) is 31.0. The van der Waals surface area contributed by atoms with E-state index in [0.29, 0.717) is 29.2 Å². The number of aliphatic hydroxyl groups is 1. The van der Waals surface area contributed by atoms with E-state index in [1.807, 2.05) is 31.2 Å². The number of aryl methyl sites for hydroxylation is 1. The minimum Gasteiger partial charge on any atom is -0.411 e. The van der Waals surface area contributed by atoms with Crippen LogP contribution in [-0.2, 0) is 11.0 Å². The molecule has 0 saturated carbocycles. The van der Waals surface area contributed by atoms with Gasteiger partial charge in [0, 0.05) is 16.8 Å². The second-order valence-electron chi connectivity index (χ2n) is 12.9. The van der Waals surface area contributed by atoms with E-state index in [4.69, 9.17) is 19.5 Å². The molecule has 3 aromatic heterocycles. The van der Waals surface area contributed by atoms with Crippen LogP contribution in [-0.4, -0.2) is 50.6 Å². The molecule has 1 aromatic carbocycles. The zero-order valence-corrected chi connectivity index (χ0v) is 26.9. The van der Waals surface area contributed by atoms with Crippen LogP contribution in [0.5, 0.6) is 0 Å². The van der Waals surface area contributed by atoms with Crippen LogP contribution in [0.4, 0.5) is 0 Å². The highest BCUT2D eigenvalue weighted by atomic mass is 28.4. The van der Waals surface area contributed by atoms with E-state index in [2.05, 4.69) is 45.3 Å². The molecule has 1 atom stereocenters. The number of nitrogens with one attached hydrogen (secondary N) is 1. The standard InChI is InChI=1S/C32H40N6O3Si/c1-20-15-24(17-25(34-20)19-41-42(8,9)31(3,4)5)29-28(23-12-10-11-22(16-23)18-33)36-27-14-13-26(37-38(27)29)30(39)35-21(2)32(6,7)40/h10-17,21,40H,19H2,1-9H3,(H,35,39). The van der Waals surface area contributed by atoms with E-state index < -0.39 is 25.9 Å². The number of nitrogens with zero attached hydrogens (tertiary/aromatic N) is 5. The van der Waals surface area contributed by atoms with Gasteiger partial charge in [0.25, 0.3) is 5.91 Å². The number of hydrogen-bond donors (Lipinski definition) is 2. The van der Waals surface area contributed by atoms with Crippen molar-refractivity contribution in [3.63, 3.8) is 0 Å². The summed E-state index contributed by atoms with van der Waals surface area (Å²) in [6.07, 6.45) is 0. The van der Waals surface area contributed by atoms with Gasteiger partial charge in [-0.05, 0) is 82.2 Å². The summed E-state index contributed by atoms with van der Waals surface area (Å²) < 4.78 is 8.14. The summed E-state index contributed by atoms with van der Waals surface area (Å²) in [5.74, 6) is -0.409.